The van der Waals surface area contributed by atoms with Crippen molar-refractivity contribution in [2.24, 2.45) is 0 Å². The summed E-state index contributed by atoms with van der Waals surface area (Å²) in [5.74, 6) is -0.314. The van der Waals surface area contributed by atoms with Crippen molar-refractivity contribution in [1.29, 1.82) is 0 Å². The van der Waals surface area contributed by atoms with Crippen molar-refractivity contribution < 1.29 is 13.9 Å². The number of amides is 1. The van der Waals surface area contributed by atoms with Crippen molar-refractivity contribution in [3.63, 3.8) is 0 Å². The fraction of sp³-hybridized carbons (Fsp3) is 0.650. The molecule has 26 heavy (non-hydrogen) atoms. The van der Waals surface area contributed by atoms with E-state index in [1.807, 2.05) is 0 Å². The predicted octanol–water partition coefficient (Wildman–Crippen LogP) is 2.02. The van der Waals surface area contributed by atoms with Gasteiger partial charge in [-0.1, -0.05) is 18.2 Å². The van der Waals surface area contributed by atoms with E-state index in [-0.39, 0.29) is 30.5 Å². The van der Waals surface area contributed by atoms with E-state index in [0.717, 1.165) is 39.0 Å². The molecule has 0 saturated carbocycles. The van der Waals surface area contributed by atoms with E-state index in [1.165, 1.54) is 6.07 Å². The molecular formula is C20H30FN3O2. The molecule has 6 heteroatoms. The zero-order chi connectivity index (χ0) is 18.5. The van der Waals surface area contributed by atoms with Gasteiger partial charge in [-0.2, -0.15) is 0 Å². The smallest absolute Gasteiger partial charge is 0.234 e. The number of nitrogens with zero attached hydrogens (tertiary/aromatic N) is 2. The van der Waals surface area contributed by atoms with Gasteiger partial charge in [0, 0.05) is 37.8 Å². The van der Waals surface area contributed by atoms with Crippen LogP contribution in [0.3, 0.4) is 0 Å². The number of nitrogens with one attached hydrogen (secondary N) is 1. The van der Waals surface area contributed by atoms with Gasteiger partial charge in [0.1, 0.15) is 5.82 Å². The Morgan fingerprint density at radius 3 is 2.73 bits per heavy atom. The van der Waals surface area contributed by atoms with Crippen molar-refractivity contribution in [3.8, 4) is 0 Å². The molecule has 2 aliphatic heterocycles. The molecule has 0 aromatic heterocycles. The maximum absolute atomic E-state index is 13.7. The fourth-order valence-corrected chi connectivity index (χ4v) is 4.12. The molecule has 2 heterocycles. The van der Waals surface area contributed by atoms with Gasteiger partial charge >= 0.3 is 0 Å². The molecular weight excluding hydrogens is 333 g/mol. The van der Waals surface area contributed by atoms with Crippen LogP contribution in [0.2, 0.25) is 0 Å². The Balaban J connectivity index is 1.47. The Hall–Kier alpha value is -1.50. The van der Waals surface area contributed by atoms with Gasteiger partial charge in [-0.3, -0.25) is 14.6 Å². The molecule has 5 nitrogen and oxygen atoms in total. The van der Waals surface area contributed by atoms with Gasteiger partial charge in [-0.25, -0.2) is 4.39 Å². The first kappa shape index (κ1) is 19.3. The average Bonchev–Trinajstić information content (AvgIpc) is 3.00. The minimum Gasteiger partial charge on any atom is -0.373 e. The van der Waals surface area contributed by atoms with Crippen molar-refractivity contribution in [1.82, 2.24) is 15.1 Å². The van der Waals surface area contributed by atoms with Gasteiger partial charge < -0.3 is 10.1 Å². The number of carbonyl (C=O) groups is 1. The molecule has 1 aromatic rings. The summed E-state index contributed by atoms with van der Waals surface area (Å²) >= 11 is 0. The lowest BCUT2D eigenvalue weighted by Gasteiger charge is -2.38. The second kappa shape index (κ2) is 8.93. The molecule has 0 unspecified atom stereocenters. The van der Waals surface area contributed by atoms with E-state index in [4.69, 9.17) is 4.74 Å². The van der Waals surface area contributed by atoms with E-state index in [2.05, 4.69) is 29.0 Å². The number of benzene rings is 1. The van der Waals surface area contributed by atoms with Gasteiger partial charge in [-0.05, 0) is 39.3 Å². The van der Waals surface area contributed by atoms with Gasteiger partial charge in [-0.15, -0.1) is 0 Å². The molecule has 3 atom stereocenters. The predicted molar refractivity (Wildman–Crippen MR) is 99.3 cm³/mol. The topological polar surface area (TPSA) is 44.8 Å². The van der Waals surface area contributed by atoms with Gasteiger partial charge in [0.2, 0.25) is 5.91 Å². The monoisotopic (exact) mass is 363 g/mol. The lowest BCUT2D eigenvalue weighted by atomic mass is 10.1. The minimum absolute atomic E-state index is 0.0381. The summed E-state index contributed by atoms with van der Waals surface area (Å²) in [6.45, 7) is 8.70. The first-order chi connectivity index (χ1) is 12.5. The van der Waals surface area contributed by atoms with Gasteiger partial charge in [0.15, 0.2) is 0 Å². The normalized spacial score (nSPS) is 27.6. The van der Waals surface area contributed by atoms with E-state index in [9.17, 15) is 9.18 Å². The van der Waals surface area contributed by atoms with Gasteiger partial charge in [0.25, 0.3) is 0 Å². The van der Waals surface area contributed by atoms with E-state index < -0.39 is 0 Å². The highest BCUT2D eigenvalue weighted by atomic mass is 19.1. The van der Waals surface area contributed by atoms with Gasteiger partial charge in [0.05, 0.1) is 18.8 Å². The molecule has 0 aliphatic carbocycles. The van der Waals surface area contributed by atoms with Crippen LogP contribution in [-0.4, -0.2) is 66.7 Å². The van der Waals surface area contributed by atoms with E-state index in [1.54, 1.807) is 18.2 Å². The molecule has 1 N–H and O–H groups in total. The van der Waals surface area contributed by atoms with Crippen molar-refractivity contribution in [3.05, 3.63) is 35.6 Å². The standard InChI is InChI=1S/C20H30FN3O2/c1-15-11-23(12-16(2)26-15)13-18-7-5-9-24(18)14-20(25)22-10-17-6-3-4-8-19(17)21/h3-4,6,8,15-16,18H,5,7,9-14H2,1-2H3,(H,22,25)/t15-,16+,18-/m0/s1. The molecule has 2 aliphatic rings. The van der Waals surface area contributed by atoms with Crippen LogP contribution in [0, 0.1) is 5.82 Å². The second-order valence-electron chi connectivity index (χ2n) is 7.61. The van der Waals surface area contributed by atoms with Crippen LogP contribution in [0.1, 0.15) is 32.3 Å². The second-order valence-corrected chi connectivity index (χ2v) is 7.61. The van der Waals surface area contributed by atoms with Crippen LogP contribution in [0.15, 0.2) is 24.3 Å². The summed E-state index contributed by atoms with van der Waals surface area (Å²) in [6, 6.07) is 6.97. The van der Waals surface area contributed by atoms with Crippen LogP contribution >= 0.6 is 0 Å². The number of rotatable bonds is 6. The maximum Gasteiger partial charge on any atom is 0.234 e. The molecule has 1 amide bonds. The number of ether oxygens (including phenoxy) is 1. The number of likely N-dealkylation sites (tertiary alicyclic amines) is 1. The third kappa shape index (κ3) is 5.25. The number of hydrogen-bond donors (Lipinski definition) is 1. The first-order valence-electron chi connectivity index (χ1n) is 9.63. The lowest BCUT2D eigenvalue weighted by molar-refractivity contribution is -0.123. The Morgan fingerprint density at radius 2 is 2.00 bits per heavy atom. The quantitative estimate of drug-likeness (QED) is 0.840. The highest BCUT2D eigenvalue weighted by Crippen LogP contribution is 2.20. The zero-order valence-electron chi connectivity index (χ0n) is 15.8. The van der Waals surface area contributed by atoms with E-state index >= 15 is 0 Å². The summed E-state index contributed by atoms with van der Waals surface area (Å²) in [7, 11) is 0. The molecule has 0 radical (unpaired) electrons. The highest BCUT2D eigenvalue weighted by Gasteiger charge is 2.30. The van der Waals surface area contributed by atoms with Crippen LogP contribution in [0.25, 0.3) is 0 Å². The summed E-state index contributed by atoms with van der Waals surface area (Å²) < 4.78 is 19.5. The molecule has 144 valence electrons. The Bertz CT molecular complexity index is 602. The summed E-state index contributed by atoms with van der Waals surface area (Å²) in [5, 5.41) is 2.85. The zero-order valence-corrected chi connectivity index (χ0v) is 15.8. The third-order valence-corrected chi connectivity index (χ3v) is 5.24. The number of hydrogen-bond acceptors (Lipinski definition) is 4. The number of morpholine rings is 1. The first-order valence-corrected chi connectivity index (χ1v) is 9.63. The molecule has 3 rings (SSSR count). The third-order valence-electron chi connectivity index (χ3n) is 5.24. The Kier molecular flexibility index (Phi) is 6.62. The number of carbonyl (C=O) groups excluding carboxylic acids is 1. The highest BCUT2D eigenvalue weighted by molar-refractivity contribution is 5.78. The van der Waals surface area contributed by atoms with Crippen LogP contribution in [-0.2, 0) is 16.1 Å². The van der Waals surface area contributed by atoms with Crippen LogP contribution in [0.5, 0.6) is 0 Å². The summed E-state index contributed by atoms with van der Waals surface area (Å²) in [6.07, 6.45) is 2.77. The summed E-state index contributed by atoms with van der Waals surface area (Å²) in [5.41, 5.74) is 0.523. The Labute approximate surface area is 155 Å². The number of halogens is 1. The SMILES string of the molecule is C[C@@H]1CN(C[C@@H]2CCCN2CC(=O)NCc2ccccc2F)C[C@H](C)O1. The fourth-order valence-electron chi connectivity index (χ4n) is 4.12. The Morgan fingerprint density at radius 1 is 1.27 bits per heavy atom. The average molecular weight is 363 g/mol. The van der Waals surface area contributed by atoms with Crippen molar-refractivity contribution >= 4 is 5.91 Å². The minimum atomic E-state index is -0.276. The lowest BCUT2D eigenvalue weighted by Crippen LogP contribution is -2.51. The molecule has 1 aromatic carbocycles. The largest absolute Gasteiger partial charge is 0.373 e. The van der Waals surface area contributed by atoms with E-state index in [0.29, 0.717) is 18.2 Å². The molecule has 2 saturated heterocycles. The van der Waals surface area contributed by atoms with Crippen LogP contribution < -0.4 is 5.32 Å². The molecule has 0 bridgehead atoms. The molecule has 2 fully saturated rings. The van der Waals surface area contributed by atoms with Crippen molar-refractivity contribution in [2.45, 2.75) is 51.5 Å². The molecule has 0 spiro atoms. The maximum atomic E-state index is 13.7. The summed E-state index contributed by atoms with van der Waals surface area (Å²) in [4.78, 5) is 17.0. The van der Waals surface area contributed by atoms with Crippen LogP contribution in [0.4, 0.5) is 4.39 Å². The van der Waals surface area contributed by atoms with Crippen molar-refractivity contribution in [2.75, 3.05) is 32.7 Å².